The van der Waals surface area contributed by atoms with Crippen LogP contribution in [0.3, 0.4) is 0 Å². The van der Waals surface area contributed by atoms with Crippen LogP contribution < -0.4 is 15.4 Å². The summed E-state index contributed by atoms with van der Waals surface area (Å²) in [5.41, 5.74) is 1.32. The highest BCUT2D eigenvalue weighted by Crippen LogP contribution is 2.47. The quantitative estimate of drug-likeness (QED) is 0.329. The minimum atomic E-state index is -1.13. The molecule has 0 spiro atoms. The van der Waals surface area contributed by atoms with Gasteiger partial charge in [-0.2, -0.15) is 0 Å². The lowest BCUT2D eigenvalue weighted by atomic mass is 10.0. The zero-order chi connectivity index (χ0) is 24.4. The first-order chi connectivity index (χ1) is 17.0. The topological polar surface area (TPSA) is 101 Å². The molecule has 3 aromatic carbocycles. The number of hydrogen-bond acceptors (Lipinski definition) is 5. The first kappa shape index (κ1) is 22.5. The summed E-state index contributed by atoms with van der Waals surface area (Å²) in [6, 6.07) is 19.5. The molecule has 0 bridgehead atoms. The van der Waals surface area contributed by atoms with Crippen LogP contribution in [0.4, 0.5) is 15.8 Å². The fraction of sp³-hybridized carbons (Fsp3) is 0.148. The van der Waals surface area contributed by atoms with E-state index in [1.54, 1.807) is 42.6 Å². The van der Waals surface area contributed by atoms with Crippen LogP contribution in [-0.4, -0.2) is 21.9 Å². The number of fused-ring (bicyclic) bond motifs is 1. The summed E-state index contributed by atoms with van der Waals surface area (Å²) in [6.45, 7) is -0.0644. The average molecular weight is 471 g/mol. The third-order valence-electron chi connectivity index (χ3n) is 6.01. The van der Waals surface area contributed by atoms with Crippen molar-refractivity contribution in [3.63, 3.8) is 0 Å². The fourth-order valence-electron chi connectivity index (χ4n) is 3.80. The lowest BCUT2D eigenvalue weighted by Gasteiger charge is -2.16. The maximum absolute atomic E-state index is 13.1. The summed E-state index contributed by atoms with van der Waals surface area (Å²) in [5, 5.41) is 15.6. The summed E-state index contributed by atoms with van der Waals surface area (Å²) in [6.07, 6.45) is 2.53. The summed E-state index contributed by atoms with van der Waals surface area (Å²) in [5.74, 6) is -0.00840. The number of ether oxygens (including phenoxy) is 1. The van der Waals surface area contributed by atoms with Gasteiger partial charge in [0, 0.05) is 23.0 Å². The molecule has 1 fully saturated rings. The van der Waals surface area contributed by atoms with Crippen LogP contribution in [-0.2, 0) is 16.2 Å². The number of carbonyl (C=O) groups excluding carboxylic acids is 2. The average Bonchev–Trinajstić information content (AvgIpc) is 3.69. The van der Waals surface area contributed by atoms with Crippen molar-refractivity contribution in [2.75, 3.05) is 10.6 Å². The van der Waals surface area contributed by atoms with Crippen LogP contribution in [0.5, 0.6) is 11.5 Å². The van der Waals surface area contributed by atoms with Gasteiger partial charge in [-0.15, -0.1) is 0 Å². The molecule has 0 saturated heterocycles. The standard InChI is InChI=1S/C27H22FN3O4/c28-18-2-4-19(5-3-18)30-25(33)27(12-13-27)26(34)31-20-6-8-21(9-7-20)35-24-11-14-29-23-15-17(16-32)1-10-22(23)24/h1-11,14-15,32H,12-13,16H2,(H,30,33)(H,31,34). The monoisotopic (exact) mass is 471 g/mol. The van der Waals surface area contributed by atoms with Crippen molar-refractivity contribution in [1.82, 2.24) is 4.98 Å². The van der Waals surface area contributed by atoms with E-state index in [2.05, 4.69) is 15.6 Å². The number of halogens is 1. The summed E-state index contributed by atoms with van der Waals surface area (Å²) in [7, 11) is 0. The largest absolute Gasteiger partial charge is 0.457 e. The maximum atomic E-state index is 13.1. The zero-order valence-electron chi connectivity index (χ0n) is 18.6. The molecule has 176 valence electrons. The lowest BCUT2D eigenvalue weighted by molar-refractivity contribution is -0.131. The summed E-state index contributed by atoms with van der Waals surface area (Å²) >= 11 is 0. The van der Waals surface area contributed by atoms with E-state index in [-0.39, 0.29) is 12.5 Å². The number of hydrogen-bond donors (Lipinski definition) is 3. The highest BCUT2D eigenvalue weighted by atomic mass is 19.1. The molecule has 8 heteroatoms. The van der Waals surface area contributed by atoms with Gasteiger partial charge < -0.3 is 20.5 Å². The lowest BCUT2D eigenvalue weighted by Crippen LogP contribution is -2.35. The van der Waals surface area contributed by atoms with Gasteiger partial charge >= 0.3 is 0 Å². The highest BCUT2D eigenvalue weighted by molar-refractivity contribution is 6.16. The molecule has 0 radical (unpaired) electrons. The predicted octanol–water partition coefficient (Wildman–Crippen LogP) is 5.02. The Morgan fingerprint density at radius 1 is 0.914 bits per heavy atom. The Kier molecular flexibility index (Phi) is 5.88. The van der Waals surface area contributed by atoms with Gasteiger partial charge in [0.05, 0.1) is 12.1 Å². The number of amides is 2. The van der Waals surface area contributed by atoms with Gasteiger partial charge in [-0.25, -0.2) is 4.39 Å². The Balaban J connectivity index is 1.25. The third kappa shape index (κ3) is 4.69. The molecule has 35 heavy (non-hydrogen) atoms. The van der Waals surface area contributed by atoms with E-state index in [0.29, 0.717) is 41.2 Å². The number of anilines is 2. The van der Waals surface area contributed by atoms with Crippen molar-refractivity contribution in [2.45, 2.75) is 19.4 Å². The summed E-state index contributed by atoms with van der Waals surface area (Å²) < 4.78 is 19.1. The molecule has 0 aliphatic heterocycles. The first-order valence-electron chi connectivity index (χ1n) is 11.1. The van der Waals surface area contributed by atoms with E-state index >= 15 is 0 Å². The van der Waals surface area contributed by atoms with Crippen LogP contribution in [0.1, 0.15) is 18.4 Å². The number of pyridine rings is 1. The molecular formula is C27H22FN3O4. The molecule has 1 aromatic heterocycles. The van der Waals surface area contributed by atoms with E-state index in [1.165, 1.54) is 24.3 Å². The molecule has 3 N–H and O–H groups in total. The molecular weight excluding hydrogens is 449 g/mol. The van der Waals surface area contributed by atoms with E-state index in [4.69, 9.17) is 4.74 Å². The molecule has 1 aliphatic carbocycles. The molecule has 0 unspecified atom stereocenters. The molecule has 5 rings (SSSR count). The van der Waals surface area contributed by atoms with Crippen LogP contribution in [0.15, 0.2) is 79.0 Å². The zero-order valence-corrected chi connectivity index (χ0v) is 18.6. The fourth-order valence-corrected chi connectivity index (χ4v) is 3.80. The smallest absolute Gasteiger partial charge is 0.240 e. The Morgan fingerprint density at radius 3 is 2.14 bits per heavy atom. The number of nitrogens with zero attached hydrogens (tertiary/aromatic N) is 1. The number of carbonyl (C=O) groups is 2. The van der Waals surface area contributed by atoms with Crippen molar-refractivity contribution >= 4 is 34.1 Å². The van der Waals surface area contributed by atoms with E-state index < -0.39 is 17.1 Å². The summed E-state index contributed by atoms with van der Waals surface area (Å²) in [4.78, 5) is 29.9. The van der Waals surface area contributed by atoms with Gasteiger partial charge in [-0.1, -0.05) is 6.07 Å². The van der Waals surface area contributed by atoms with Gasteiger partial charge in [0.1, 0.15) is 22.7 Å². The predicted molar refractivity (Wildman–Crippen MR) is 130 cm³/mol. The number of aliphatic hydroxyl groups is 1. The normalized spacial score (nSPS) is 13.8. The second kappa shape index (κ2) is 9.15. The number of aromatic nitrogens is 1. The van der Waals surface area contributed by atoms with Crippen molar-refractivity contribution in [2.24, 2.45) is 5.41 Å². The molecule has 1 heterocycles. The van der Waals surface area contributed by atoms with Crippen molar-refractivity contribution < 1.29 is 23.8 Å². The highest BCUT2D eigenvalue weighted by Gasteiger charge is 2.56. The van der Waals surface area contributed by atoms with Crippen LogP contribution >= 0.6 is 0 Å². The SMILES string of the molecule is O=C(Nc1ccc(F)cc1)C1(C(=O)Nc2ccc(Oc3ccnc4cc(CO)ccc34)cc2)CC1. The molecule has 7 nitrogen and oxygen atoms in total. The molecule has 0 atom stereocenters. The number of nitrogens with one attached hydrogen (secondary N) is 2. The van der Waals surface area contributed by atoms with E-state index in [9.17, 15) is 19.1 Å². The minimum absolute atomic E-state index is 0.0644. The number of aliphatic hydroxyl groups excluding tert-OH is 1. The first-order valence-corrected chi connectivity index (χ1v) is 11.1. The number of benzene rings is 3. The second-order valence-corrected chi connectivity index (χ2v) is 8.44. The van der Waals surface area contributed by atoms with E-state index in [0.717, 1.165) is 10.9 Å². The van der Waals surface area contributed by atoms with Crippen LogP contribution in [0, 0.1) is 11.2 Å². The molecule has 1 saturated carbocycles. The van der Waals surface area contributed by atoms with Gasteiger partial charge in [-0.3, -0.25) is 14.6 Å². The van der Waals surface area contributed by atoms with Crippen molar-refractivity contribution in [3.8, 4) is 11.5 Å². The molecule has 1 aliphatic rings. The second-order valence-electron chi connectivity index (χ2n) is 8.44. The van der Waals surface area contributed by atoms with E-state index in [1.807, 2.05) is 12.1 Å². The maximum Gasteiger partial charge on any atom is 0.240 e. The van der Waals surface area contributed by atoms with Crippen LogP contribution in [0.25, 0.3) is 10.9 Å². The Bertz CT molecular complexity index is 1400. The van der Waals surface area contributed by atoms with Gasteiger partial charge in [0.2, 0.25) is 11.8 Å². The van der Waals surface area contributed by atoms with Gasteiger partial charge in [-0.05, 0) is 85.1 Å². The van der Waals surface area contributed by atoms with Gasteiger partial charge in [0.15, 0.2) is 0 Å². The Hall–Kier alpha value is -4.30. The van der Waals surface area contributed by atoms with Gasteiger partial charge in [0.25, 0.3) is 0 Å². The van der Waals surface area contributed by atoms with Crippen LogP contribution in [0.2, 0.25) is 0 Å². The third-order valence-corrected chi connectivity index (χ3v) is 6.01. The molecule has 2 amide bonds. The Labute approximate surface area is 200 Å². The van der Waals surface area contributed by atoms with Crippen molar-refractivity contribution in [1.29, 1.82) is 0 Å². The Morgan fingerprint density at radius 2 is 1.54 bits per heavy atom. The van der Waals surface area contributed by atoms with Crippen molar-refractivity contribution in [3.05, 3.63) is 90.4 Å². The number of rotatable bonds is 7. The minimum Gasteiger partial charge on any atom is -0.457 e. The molecule has 4 aromatic rings.